The van der Waals surface area contributed by atoms with Crippen LogP contribution in [0.25, 0.3) is 11.3 Å². The van der Waals surface area contributed by atoms with Crippen molar-refractivity contribution in [3.63, 3.8) is 0 Å². The lowest BCUT2D eigenvalue weighted by atomic mass is 10.2. The van der Waals surface area contributed by atoms with Gasteiger partial charge in [-0.25, -0.2) is 4.63 Å². The minimum atomic E-state index is 0.738. The third-order valence-corrected chi connectivity index (χ3v) is 2.20. The van der Waals surface area contributed by atoms with E-state index < -0.39 is 0 Å². The molecule has 0 bridgehead atoms. The molecule has 2 aromatic rings. The average Bonchev–Trinajstić information content (AvgIpc) is 2.57. The molecule has 1 aromatic heterocycles. The van der Waals surface area contributed by atoms with Gasteiger partial charge in [-0.1, -0.05) is 39.3 Å². The van der Waals surface area contributed by atoms with Gasteiger partial charge in [0.1, 0.15) is 5.69 Å². The van der Waals surface area contributed by atoms with Crippen LogP contribution in [-0.4, -0.2) is 10.3 Å². The van der Waals surface area contributed by atoms with E-state index in [9.17, 15) is 0 Å². The van der Waals surface area contributed by atoms with Gasteiger partial charge in [0.2, 0.25) is 0 Å². The quantitative estimate of drug-likeness (QED) is 0.748. The summed E-state index contributed by atoms with van der Waals surface area (Å²) in [6.45, 7) is 0. The fraction of sp³-hybridized carbons (Fsp3) is 0. The van der Waals surface area contributed by atoms with Gasteiger partial charge in [0.25, 0.3) is 0 Å². The van der Waals surface area contributed by atoms with Gasteiger partial charge in [-0.3, -0.25) is 0 Å². The van der Waals surface area contributed by atoms with Crippen molar-refractivity contribution in [3.05, 3.63) is 34.9 Å². The SMILES string of the molecule is Brc1ccccc1-c1cnon1. The number of benzene rings is 1. The molecule has 0 spiro atoms. The van der Waals surface area contributed by atoms with Gasteiger partial charge < -0.3 is 0 Å². The molecule has 0 aliphatic rings. The highest BCUT2D eigenvalue weighted by Gasteiger charge is 2.04. The molecule has 0 aliphatic carbocycles. The summed E-state index contributed by atoms with van der Waals surface area (Å²) < 4.78 is 5.49. The van der Waals surface area contributed by atoms with E-state index in [2.05, 4.69) is 30.9 Å². The molecule has 0 saturated carbocycles. The molecule has 60 valence electrons. The Morgan fingerprint density at radius 2 is 2.08 bits per heavy atom. The number of hydrogen-bond donors (Lipinski definition) is 0. The van der Waals surface area contributed by atoms with E-state index in [0.717, 1.165) is 15.7 Å². The molecule has 1 heterocycles. The van der Waals surface area contributed by atoms with E-state index in [1.54, 1.807) is 6.20 Å². The van der Waals surface area contributed by atoms with Crippen molar-refractivity contribution in [1.82, 2.24) is 10.3 Å². The van der Waals surface area contributed by atoms with Crippen molar-refractivity contribution in [2.75, 3.05) is 0 Å². The monoisotopic (exact) mass is 224 g/mol. The molecule has 0 N–H and O–H groups in total. The van der Waals surface area contributed by atoms with E-state index in [1.807, 2.05) is 24.3 Å². The lowest BCUT2D eigenvalue weighted by Gasteiger charge is -1.96. The third-order valence-electron chi connectivity index (χ3n) is 1.51. The number of aromatic nitrogens is 2. The summed E-state index contributed by atoms with van der Waals surface area (Å²) in [5.41, 5.74) is 1.72. The number of rotatable bonds is 1. The van der Waals surface area contributed by atoms with Crippen LogP contribution in [0, 0.1) is 0 Å². The molecule has 0 radical (unpaired) electrons. The van der Waals surface area contributed by atoms with Gasteiger partial charge in [-0.2, -0.15) is 0 Å². The van der Waals surface area contributed by atoms with Crippen molar-refractivity contribution in [2.45, 2.75) is 0 Å². The zero-order valence-electron chi connectivity index (χ0n) is 6.07. The fourth-order valence-corrected chi connectivity index (χ4v) is 1.44. The molecule has 12 heavy (non-hydrogen) atoms. The zero-order valence-corrected chi connectivity index (χ0v) is 7.65. The Bertz CT molecular complexity index is 372. The van der Waals surface area contributed by atoms with E-state index in [-0.39, 0.29) is 0 Å². The van der Waals surface area contributed by atoms with E-state index in [4.69, 9.17) is 0 Å². The van der Waals surface area contributed by atoms with Crippen molar-refractivity contribution >= 4 is 15.9 Å². The summed E-state index contributed by atoms with van der Waals surface area (Å²) in [6, 6.07) is 7.78. The fourth-order valence-electron chi connectivity index (χ4n) is 0.952. The summed E-state index contributed by atoms with van der Waals surface area (Å²) >= 11 is 3.41. The second-order valence-electron chi connectivity index (χ2n) is 2.27. The van der Waals surface area contributed by atoms with Crippen LogP contribution in [0.4, 0.5) is 0 Å². The molecular formula is C8H5BrN2O. The Labute approximate surface area is 77.5 Å². The Hall–Kier alpha value is -1.16. The van der Waals surface area contributed by atoms with Crippen LogP contribution < -0.4 is 0 Å². The van der Waals surface area contributed by atoms with Gasteiger partial charge >= 0.3 is 0 Å². The molecule has 2 rings (SSSR count). The van der Waals surface area contributed by atoms with Crippen LogP contribution in [-0.2, 0) is 0 Å². The van der Waals surface area contributed by atoms with Crippen LogP contribution >= 0.6 is 15.9 Å². The van der Waals surface area contributed by atoms with Crippen molar-refractivity contribution < 1.29 is 4.63 Å². The number of hydrogen-bond acceptors (Lipinski definition) is 3. The van der Waals surface area contributed by atoms with Gasteiger partial charge in [-0.05, 0) is 11.2 Å². The second kappa shape index (κ2) is 3.06. The van der Waals surface area contributed by atoms with Crippen LogP contribution in [0.1, 0.15) is 0 Å². The normalized spacial score (nSPS) is 10.1. The largest absolute Gasteiger partial charge is 0.244 e. The maximum atomic E-state index is 4.50. The maximum absolute atomic E-state index is 4.50. The molecule has 4 heteroatoms. The second-order valence-corrected chi connectivity index (χ2v) is 3.13. The first-order valence-electron chi connectivity index (χ1n) is 3.40. The predicted molar refractivity (Wildman–Crippen MR) is 47.4 cm³/mol. The predicted octanol–water partition coefficient (Wildman–Crippen LogP) is 2.50. The van der Waals surface area contributed by atoms with Crippen LogP contribution in [0.15, 0.2) is 39.6 Å². The Morgan fingerprint density at radius 1 is 1.25 bits per heavy atom. The summed E-state index contributed by atoms with van der Waals surface area (Å²) in [4.78, 5) is 0. The molecule has 0 unspecified atom stereocenters. The molecule has 1 aromatic carbocycles. The zero-order chi connectivity index (χ0) is 8.39. The highest BCUT2D eigenvalue weighted by atomic mass is 79.9. The molecule has 0 atom stereocenters. The first-order valence-corrected chi connectivity index (χ1v) is 4.19. The Balaban J connectivity index is 2.55. The maximum Gasteiger partial charge on any atom is 0.136 e. The van der Waals surface area contributed by atoms with Crippen LogP contribution in [0.3, 0.4) is 0 Å². The average molecular weight is 225 g/mol. The number of halogens is 1. The molecule has 3 nitrogen and oxygen atoms in total. The van der Waals surface area contributed by atoms with Gasteiger partial charge in [0.05, 0.1) is 6.20 Å². The van der Waals surface area contributed by atoms with Crippen LogP contribution in [0.2, 0.25) is 0 Å². The minimum Gasteiger partial charge on any atom is -0.244 e. The minimum absolute atomic E-state index is 0.738. The standard InChI is InChI=1S/C8H5BrN2O/c9-7-4-2-1-3-6(7)8-5-10-12-11-8/h1-5H. The van der Waals surface area contributed by atoms with Gasteiger partial charge in [-0.15, -0.1) is 0 Å². The van der Waals surface area contributed by atoms with Gasteiger partial charge in [0, 0.05) is 10.0 Å². The first kappa shape index (κ1) is 7.49. The summed E-state index contributed by atoms with van der Waals surface area (Å²) in [5.74, 6) is 0. The highest BCUT2D eigenvalue weighted by Crippen LogP contribution is 2.25. The third kappa shape index (κ3) is 1.25. The Kier molecular flexibility index (Phi) is 1.91. The number of nitrogens with zero attached hydrogens (tertiary/aromatic N) is 2. The van der Waals surface area contributed by atoms with Crippen LogP contribution in [0.5, 0.6) is 0 Å². The lowest BCUT2D eigenvalue weighted by molar-refractivity contribution is 0.308. The topological polar surface area (TPSA) is 38.9 Å². The molecule has 0 saturated heterocycles. The van der Waals surface area contributed by atoms with E-state index in [1.165, 1.54) is 0 Å². The molecule has 0 aliphatic heterocycles. The van der Waals surface area contributed by atoms with Crippen molar-refractivity contribution in [1.29, 1.82) is 0 Å². The van der Waals surface area contributed by atoms with Crippen molar-refractivity contribution in [2.24, 2.45) is 0 Å². The molecule has 0 fully saturated rings. The smallest absolute Gasteiger partial charge is 0.136 e. The summed E-state index contributed by atoms with van der Waals surface area (Å²) in [5, 5.41) is 7.26. The first-order chi connectivity index (χ1) is 5.88. The van der Waals surface area contributed by atoms with E-state index in [0.29, 0.717) is 0 Å². The van der Waals surface area contributed by atoms with E-state index >= 15 is 0 Å². The lowest BCUT2D eigenvalue weighted by Crippen LogP contribution is -1.77. The van der Waals surface area contributed by atoms with Gasteiger partial charge in [0.15, 0.2) is 0 Å². The highest BCUT2D eigenvalue weighted by molar-refractivity contribution is 9.10. The molecular weight excluding hydrogens is 220 g/mol. The molecule has 0 amide bonds. The Morgan fingerprint density at radius 3 is 2.75 bits per heavy atom. The summed E-state index contributed by atoms with van der Waals surface area (Å²) in [7, 11) is 0. The summed E-state index contributed by atoms with van der Waals surface area (Å²) in [6.07, 6.45) is 1.58. The van der Waals surface area contributed by atoms with Crippen molar-refractivity contribution in [3.8, 4) is 11.3 Å².